The van der Waals surface area contributed by atoms with Crippen LogP contribution in [0.25, 0.3) is 0 Å². The number of anilines is 1. The van der Waals surface area contributed by atoms with Crippen LogP contribution in [0.2, 0.25) is 5.02 Å². The zero-order valence-corrected chi connectivity index (χ0v) is 17.9. The van der Waals surface area contributed by atoms with Gasteiger partial charge in [0.2, 0.25) is 17.7 Å². The van der Waals surface area contributed by atoms with E-state index < -0.39 is 5.91 Å². The summed E-state index contributed by atoms with van der Waals surface area (Å²) in [6.45, 7) is 1.70. The van der Waals surface area contributed by atoms with Crippen molar-refractivity contribution < 1.29 is 14.4 Å². The Morgan fingerprint density at radius 1 is 1.23 bits per heavy atom. The molecule has 154 valence electrons. The number of rotatable bonds is 5. The minimum atomic E-state index is -0.411. The molecule has 6 nitrogen and oxygen atoms in total. The van der Waals surface area contributed by atoms with Gasteiger partial charge in [0.15, 0.2) is 5.13 Å². The molecule has 2 heterocycles. The minimum Gasteiger partial charge on any atom is -0.300 e. The molecule has 1 aliphatic heterocycles. The topological polar surface area (TPSA) is 79.4 Å². The first kappa shape index (κ1) is 19.5. The molecule has 2 aromatic rings. The molecule has 2 bridgehead atoms. The second-order valence-corrected chi connectivity index (χ2v) is 9.66. The largest absolute Gasteiger partial charge is 0.300 e. The molecule has 1 saturated carbocycles. The number of likely N-dealkylation sites (tertiary alicyclic amines) is 1. The van der Waals surface area contributed by atoms with Crippen LogP contribution in [0.5, 0.6) is 0 Å². The van der Waals surface area contributed by atoms with E-state index in [1.807, 2.05) is 37.3 Å². The standard InChI is InChI=1S/C22H20ClN3O3S/c1-11-3-2-4-14(19(11)23)8-15-9-24-22(30-15)25-16(27)10-26-20(28)17-12-5-6-13(7-12)18(17)21(26)29/h2-6,9,12-13,17-18H,7-8,10H2,1H3,(H,24,25,27). The Morgan fingerprint density at radius 3 is 2.63 bits per heavy atom. The first-order chi connectivity index (χ1) is 14.4. The van der Waals surface area contributed by atoms with Gasteiger partial charge in [-0.1, -0.05) is 42.0 Å². The Morgan fingerprint density at radius 2 is 1.93 bits per heavy atom. The van der Waals surface area contributed by atoms with Gasteiger partial charge in [0.05, 0.1) is 11.8 Å². The van der Waals surface area contributed by atoms with Crippen molar-refractivity contribution >= 4 is 45.8 Å². The summed E-state index contributed by atoms with van der Waals surface area (Å²) in [5, 5.41) is 3.90. The number of allylic oxidation sites excluding steroid dienone is 2. The Kier molecular flexibility index (Phi) is 4.75. The van der Waals surface area contributed by atoms with Crippen molar-refractivity contribution in [1.82, 2.24) is 9.88 Å². The van der Waals surface area contributed by atoms with Gasteiger partial charge in [-0.25, -0.2) is 4.98 Å². The van der Waals surface area contributed by atoms with Crippen LogP contribution in [0, 0.1) is 30.6 Å². The molecule has 0 spiro atoms. The van der Waals surface area contributed by atoms with Crippen molar-refractivity contribution in [3.05, 3.63) is 57.6 Å². The average Bonchev–Trinajstić information content (AvgIpc) is 3.48. The maximum absolute atomic E-state index is 12.7. The summed E-state index contributed by atoms with van der Waals surface area (Å²) in [6, 6.07) is 5.89. The molecule has 2 aliphatic carbocycles. The lowest BCUT2D eigenvalue weighted by Gasteiger charge is -2.16. The summed E-state index contributed by atoms with van der Waals surface area (Å²) in [5.41, 5.74) is 2.02. The van der Waals surface area contributed by atoms with Crippen molar-refractivity contribution in [3.63, 3.8) is 0 Å². The summed E-state index contributed by atoms with van der Waals surface area (Å²) < 4.78 is 0. The van der Waals surface area contributed by atoms with E-state index in [1.54, 1.807) is 6.20 Å². The minimum absolute atomic E-state index is 0.138. The van der Waals surface area contributed by atoms with Crippen molar-refractivity contribution in [2.24, 2.45) is 23.7 Å². The van der Waals surface area contributed by atoms with Gasteiger partial charge in [-0.15, -0.1) is 11.3 Å². The van der Waals surface area contributed by atoms with Crippen LogP contribution in [-0.2, 0) is 20.8 Å². The summed E-state index contributed by atoms with van der Waals surface area (Å²) in [7, 11) is 0. The Balaban J connectivity index is 1.22. The maximum atomic E-state index is 12.7. The van der Waals surface area contributed by atoms with E-state index in [1.165, 1.54) is 11.3 Å². The number of nitrogens with one attached hydrogen (secondary N) is 1. The summed E-state index contributed by atoms with van der Waals surface area (Å²) in [4.78, 5) is 44.2. The van der Waals surface area contributed by atoms with Crippen LogP contribution in [-0.4, -0.2) is 34.2 Å². The van der Waals surface area contributed by atoms with E-state index in [4.69, 9.17) is 11.6 Å². The zero-order chi connectivity index (χ0) is 21.0. The molecular weight excluding hydrogens is 422 g/mol. The molecule has 3 aliphatic rings. The van der Waals surface area contributed by atoms with Crippen LogP contribution in [0.1, 0.15) is 22.4 Å². The van der Waals surface area contributed by atoms with Crippen LogP contribution < -0.4 is 5.32 Å². The number of imide groups is 1. The molecular formula is C22H20ClN3O3S. The highest BCUT2D eigenvalue weighted by molar-refractivity contribution is 7.15. The Labute approximate surface area is 182 Å². The van der Waals surface area contributed by atoms with Crippen molar-refractivity contribution in [2.45, 2.75) is 19.8 Å². The molecule has 30 heavy (non-hydrogen) atoms. The molecule has 8 heteroatoms. The first-order valence-electron chi connectivity index (χ1n) is 9.94. The smallest absolute Gasteiger partial charge is 0.246 e. The summed E-state index contributed by atoms with van der Waals surface area (Å²) >= 11 is 7.72. The summed E-state index contributed by atoms with van der Waals surface area (Å²) in [5.74, 6) is -1.14. The number of carbonyl (C=O) groups is 3. The zero-order valence-electron chi connectivity index (χ0n) is 16.3. The molecule has 1 saturated heterocycles. The van der Waals surface area contributed by atoms with Crippen LogP contribution in [0.4, 0.5) is 5.13 Å². The Hall–Kier alpha value is -2.51. The highest BCUT2D eigenvalue weighted by Gasteiger charge is 2.59. The monoisotopic (exact) mass is 441 g/mol. The van der Waals surface area contributed by atoms with E-state index in [0.717, 1.165) is 32.3 Å². The van der Waals surface area contributed by atoms with Gasteiger partial charge in [0.1, 0.15) is 6.54 Å². The van der Waals surface area contributed by atoms with E-state index in [-0.39, 0.29) is 42.0 Å². The number of aromatic nitrogens is 1. The number of benzene rings is 1. The second-order valence-electron chi connectivity index (χ2n) is 8.17. The SMILES string of the molecule is Cc1cccc(Cc2cnc(NC(=O)CN3C(=O)C4C5C=CC(C5)C4C3=O)s2)c1Cl. The molecule has 1 aromatic heterocycles. The second kappa shape index (κ2) is 7.32. The fraction of sp³-hybridized carbons (Fsp3) is 0.364. The van der Waals surface area contributed by atoms with Crippen LogP contribution >= 0.6 is 22.9 Å². The van der Waals surface area contributed by atoms with E-state index in [0.29, 0.717) is 11.6 Å². The van der Waals surface area contributed by atoms with Gasteiger partial charge >= 0.3 is 0 Å². The fourth-order valence-electron chi connectivity index (χ4n) is 4.90. The molecule has 1 N–H and O–H groups in total. The molecule has 4 unspecified atom stereocenters. The molecule has 1 aromatic carbocycles. The van der Waals surface area contributed by atoms with Crippen LogP contribution in [0.15, 0.2) is 36.5 Å². The third-order valence-corrected chi connectivity index (χ3v) is 7.75. The van der Waals surface area contributed by atoms with E-state index in [2.05, 4.69) is 10.3 Å². The molecule has 2 fully saturated rings. The van der Waals surface area contributed by atoms with Crippen molar-refractivity contribution in [1.29, 1.82) is 0 Å². The third kappa shape index (κ3) is 3.17. The fourth-order valence-corrected chi connectivity index (χ4v) is 5.95. The van der Waals surface area contributed by atoms with Crippen molar-refractivity contribution in [3.8, 4) is 0 Å². The quantitative estimate of drug-likeness (QED) is 0.569. The van der Waals surface area contributed by atoms with Crippen molar-refractivity contribution in [2.75, 3.05) is 11.9 Å². The highest BCUT2D eigenvalue weighted by Crippen LogP contribution is 2.52. The molecule has 5 rings (SSSR count). The predicted molar refractivity (Wildman–Crippen MR) is 114 cm³/mol. The van der Waals surface area contributed by atoms with Gasteiger partial charge in [0.25, 0.3) is 0 Å². The van der Waals surface area contributed by atoms with Gasteiger partial charge in [-0.2, -0.15) is 0 Å². The lowest BCUT2D eigenvalue weighted by atomic mass is 9.85. The molecule has 3 amide bonds. The van der Waals surface area contributed by atoms with Crippen LogP contribution in [0.3, 0.4) is 0 Å². The number of aryl methyl sites for hydroxylation is 1. The number of fused-ring (bicyclic) bond motifs is 5. The number of hydrogen-bond donors (Lipinski definition) is 1. The first-order valence-corrected chi connectivity index (χ1v) is 11.1. The lowest BCUT2D eigenvalue weighted by molar-refractivity contribution is -0.143. The number of amides is 3. The average molecular weight is 442 g/mol. The number of thiazole rings is 1. The number of halogens is 1. The number of nitrogens with zero attached hydrogens (tertiary/aromatic N) is 2. The predicted octanol–water partition coefficient (Wildman–Crippen LogP) is 3.44. The normalized spacial score (nSPS) is 26.5. The lowest BCUT2D eigenvalue weighted by Crippen LogP contribution is -2.39. The highest BCUT2D eigenvalue weighted by atomic mass is 35.5. The van der Waals surface area contributed by atoms with E-state index in [9.17, 15) is 14.4 Å². The Bertz CT molecular complexity index is 1070. The summed E-state index contributed by atoms with van der Waals surface area (Å²) in [6.07, 6.45) is 7.28. The van der Waals surface area contributed by atoms with Gasteiger partial charge < -0.3 is 5.32 Å². The third-order valence-electron chi connectivity index (χ3n) is 6.30. The van der Waals surface area contributed by atoms with Gasteiger partial charge in [-0.05, 0) is 36.3 Å². The molecule has 0 radical (unpaired) electrons. The van der Waals surface area contributed by atoms with E-state index >= 15 is 0 Å². The number of carbonyl (C=O) groups excluding carboxylic acids is 3. The number of hydrogen-bond acceptors (Lipinski definition) is 5. The maximum Gasteiger partial charge on any atom is 0.246 e. The molecule has 4 atom stereocenters. The van der Waals surface area contributed by atoms with Gasteiger partial charge in [-0.3, -0.25) is 19.3 Å². The van der Waals surface area contributed by atoms with Gasteiger partial charge in [0, 0.05) is 22.5 Å².